The minimum absolute atomic E-state index is 0.0456. The van der Waals surface area contributed by atoms with Crippen molar-refractivity contribution >= 4 is 11.9 Å². The molecule has 1 heterocycles. The highest BCUT2D eigenvalue weighted by molar-refractivity contribution is 5.78. The third-order valence-corrected chi connectivity index (χ3v) is 2.98. The van der Waals surface area contributed by atoms with Gasteiger partial charge in [0.2, 0.25) is 5.91 Å². The Labute approximate surface area is 96.6 Å². The number of urea groups is 1. The number of amides is 3. The first kappa shape index (κ1) is 12.8. The molecular weight excluding hydrogens is 206 g/mol. The van der Waals surface area contributed by atoms with E-state index in [4.69, 9.17) is 0 Å². The van der Waals surface area contributed by atoms with Gasteiger partial charge in [0.25, 0.3) is 0 Å². The first-order chi connectivity index (χ1) is 7.63. The highest BCUT2D eigenvalue weighted by Crippen LogP contribution is 2.15. The van der Waals surface area contributed by atoms with Crippen molar-refractivity contribution in [3.05, 3.63) is 0 Å². The van der Waals surface area contributed by atoms with Crippen LogP contribution in [0.4, 0.5) is 4.79 Å². The molecule has 0 aromatic rings. The van der Waals surface area contributed by atoms with Crippen LogP contribution in [-0.2, 0) is 4.79 Å². The standard InChI is InChI=1S/C11H21N3O2/c1-9-4-7-14(8-5-9)11(16)13-6-3-10(15)12-2/h9H,3-8H2,1-2H3,(H,12,15)(H,13,16). The zero-order valence-electron chi connectivity index (χ0n) is 10.1. The number of rotatable bonds is 3. The van der Waals surface area contributed by atoms with Crippen molar-refractivity contribution in [3.8, 4) is 0 Å². The molecular formula is C11H21N3O2. The number of likely N-dealkylation sites (tertiary alicyclic amines) is 1. The lowest BCUT2D eigenvalue weighted by Crippen LogP contribution is -2.44. The average molecular weight is 227 g/mol. The van der Waals surface area contributed by atoms with Gasteiger partial charge in [-0.25, -0.2) is 4.79 Å². The molecule has 0 spiro atoms. The lowest BCUT2D eigenvalue weighted by molar-refractivity contribution is -0.120. The first-order valence-electron chi connectivity index (χ1n) is 5.87. The SMILES string of the molecule is CNC(=O)CCNC(=O)N1CCC(C)CC1. The minimum atomic E-state index is -0.0485. The van der Waals surface area contributed by atoms with E-state index in [2.05, 4.69) is 17.6 Å². The molecule has 0 bridgehead atoms. The quantitative estimate of drug-likeness (QED) is 0.740. The van der Waals surface area contributed by atoms with Gasteiger partial charge in [0.15, 0.2) is 0 Å². The molecule has 1 saturated heterocycles. The van der Waals surface area contributed by atoms with E-state index in [1.165, 1.54) is 0 Å². The number of nitrogens with zero attached hydrogens (tertiary/aromatic N) is 1. The maximum absolute atomic E-state index is 11.7. The van der Waals surface area contributed by atoms with Gasteiger partial charge in [-0.15, -0.1) is 0 Å². The molecule has 92 valence electrons. The fraction of sp³-hybridized carbons (Fsp3) is 0.818. The van der Waals surface area contributed by atoms with Crippen LogP contribution in [0.5, 0.6) is 0 Å². The van der Waals surface area contributed by atoms with E-state index < -0.39 is 0 Å². The third kappa shape index (κ3) is 4.08. The fourth-order valence-electron chi connectivity index (χ4n) is 1.73. The molecule has 0 unspecified atom stereocenters. The normalized spacial score (nSPS) is 17.0. The molecule has 1 aliphatic rings. The van der Waals surface area contributed by atoms with Crippen LogP contribution in [0.1, 0.15) is 26.2 Å². The lowest BCUT2D eigenvalue weighted by Gasteiger charge is -2.30. The van der Waals surface area contributed by atoms with Crippen molar-refractivity contribution in [2.75, 3.05) is 26.7 Å². The van der Waals surface area contributed by atoms with Gasteiger partial charge in [-0.05, 0) is 18.8 Å². The Morgan fingerprint density at radius 2 is 1.94 bits per heavy atom. The second-order valence-corrected chi connectivity index (χ2v) is 4.32. The Bertz CT molecular complexity index is 248. The first-order valence-corrected chi connectivity index (χ1v) is 5.87. The molecule has 0 radical (unpaired) electrons. The smallest absolute Gasteiger partial charge is 0.317 e. The molecule has 0 saturated carbocycles. The van der Waals surface area contributed by atoms with Gasteiger partial charge >= 0.3 is 6.03 Å². The Morgan fingerprint density at radius 1 is 1.31 bits per heavy atom. The van der Waals surface area contributed by atoms with E-state index in [1.807, 2.05) is 4.90 Å². The number of piperidine rings is 1. The van der Waals surface area contributed by atoms with Gasteiger partial charge in [-0.2, -0.15) is 0 Å². The van der Waals surface area contributed by atoms with Crippen molar-refractivity contribution in [1.82, 2.24) is 15.5 Å². The minimum Gasteiger partial charge on any atom is -0.359 e. The van der Waals surface area contributed by atoms with E-state index in [0.29, 0.717) is 13.0 Å². The third-order valence-electron chi connectivity index (χ3n) is 2.98. The summed E-state index contributed by atoms with van der Waals surface area (Å²) in [5.74, 6) is 0.669. The molecule has 1 aliphatic heterocycles. The van der Waals surface area contributed by atoms with Crippen molar-refractivity contribution < 1.29 is 9.59 Å². The summed E-state index contributed by atoms with van der Waals surface area (Å²) in [6, 6.07) is -0.0456. The van der Waals surface area contributed by atoms with Gasteiger partial charge in [-0.1, -0.05) is 6.92 Å². The highest BCUT2D eigenvalue weighted by atomic mass is 16.2. The molecule has 1 rings (SSSR count). The molecule has 0 atom stereocenters. The lowest BCUT2D eigenvalue weighted by atomic mass is 10.00. The van der Waals surface area contributed by atoms with Crippen molar-refractivity contribution in [2.24, 2.45) is 5.92 Å². The number of carbonyl (C=O) groups is 2. The molecule has 16 heavy (non-hydrogen) atoms. The van der Waals surface area contributed by atoms with E-state index in [0.717, 1.165) is 31.8 Å². The van der Waals surface area contributed by atoms with Gasteiger partial charge in [0.1, 0.15) is 0 Å². The Kier molecular flexibility index (Phi) is 5.08. The fourth-order valence-corrected chi connectivity index (χ4v) is 1.73. The molecule has 5 nitrogen and oxygen atoms in total. The van der Waals surface area contributed by atoms with E-state index in [1.54, 1.807) is 7.05 Å². The monoisotopic (exact) mass is 227 g/mol. The second kappa shape index (κ2) is 6.35. The largest absolute Gasteiger partial charge is 0.359 e. The molecule has 0 aromatic heterocycles. The van der Waals surface area contributed by atoms with E-state index in [9.17, 15) is 9.59 Å². The zero-order chi connectivity index (χ0) is 12.0. The maximum Gasteiger partial charge on any atom is 0.317 e. The van der Waals surface area contributed by atoms with Crippen LogP contribution in [0.3, 0.4) is 0 Å². The Morgan fingerprint density at radius 3 is 2.50 bits per heavy atom. The van der Waals surface area contributed by atoms with Crippen LogP contribution in [0, 0.1) is 5.92 Å². The summed E-state index contributed by atoms with van der Waals surface area (Å²) in [5, 5.41) is 5.28. The highest BCUT2D eigenvalue weighted by Gasteiger charge is 2.19. The van der Waals surface area contributed by atoms with Crippen molar-refractivity contribution in [2.45, 2.75) is 26.2 Å². The predicted octanol–water partition coefficient (Wildman–Crippen LogP) is 0.564. The zero-order valence-corrected chi connectivity index (χ0v) is 10.1. The van der Waals surface area contributed by atoms with Crippen molar-refractivity contribution in [3.63, 3.8) is 0 Å². The molecule has 2 N–H and O–H groups in total. The van der Waals surface area contributed by atoms with Crippen LogP contribution in [0.25, 0.3) is 0 Å². The van der Waals surface area contributed by atoms with Gasteiger partial charge < -0.3 is 15.5 Å². The number of hydrogen-bond donors (Lipinski definition) is 2. The molecule has 5 heteroatoms. The van der Waals surface area contributed by atoms with Crippen LogP contribution in [0.15, 0.2) is 0 Å². The second-order valence-electron chi connectivity index (χ2n) is 4.32. The topological polar surface area (TPSA) is 61.4 Å². The number of carbonyl (C=O) groups excluding carboxylic acids is 2. The summed E-state index contributed by atoms with van der Waals surface area (Å²) in [6.45, 7) is 4.27. The maximum atomic E-state index is 11.7. The predicted molar refractivity (Wildman–Crippen MR) is 62.1 cm³/mol. The van der Waals surface area contributed by atoms with Crippen LogP contribution in [-0.4, -0.2) is 43.5 Å². The Hall–Kier alpha value is -1.26. The summed E-state index contributed by atoms with van der Waals surface area (Å²) in [4.78, 5) is 24.4. The summed E-state index contributed by atoms with van der Waals surface area (Å²) in [6.07, 6.45) is 2.48. The van der Waals surface area contributed by atoms with Gasteiger partial charge in [0.05, 0.1) is 0 Å². The van der Waals surface area contributed by atoms with Gasteiger partial charge in [-0.3, -0.25) is 4.79 Å². The van der Waals surface area contributed by atoms with E-state index >= 15 is 0 Å². The average Bonchev–Trinajstić information content (AvgIpc) is 2.29. The molecule has 3 amide bonds. The number of hydrogen-bond acceptors (Lipinski definition) is 2. The summed E-state index contributed by atoms with van der Waals surface area (Å²) in [5.41, 5.74) is 0. The van der Waals surface area contributed by atoms with E-state index in [-0.39, 0.29) is 11.9 Å². The van der Waals surface area contributed by atoms with Crippen LogP contribution < -0.4 is 10.6 Å². The Balaban J connectivity index is 2.17. The summed E-state index contributed by atoms with van der Waals surface area (Å²) in [7, 11) is 1.59. The van der Waals surface area contributed by atoms with Gasteiger partial charge in [0, 0.05) is 33.1 Å². The van der Waals surface area contributed by atoms with Crippen LogP contribution >= 0.6 is 0 Å². The number of nitrogens with one attached hydrogen (secondary N) is 2. The van der Waals surface area contributed by atoms with Crippen LogP contribution in [0.2, 0.25) is 0 Å². The molecule has 0 aromatic carbocycles. The molecule has 1 fully saturated rings. The molecule has 0 aliphatic carbocycles. The summed E-state index contributed by atoms with van der Waals surface area (Å²) < 4.78 is 0. The van der Waals surface area contributed by atoms with Crippen molar-refractivity contribution in [1.29, 1.82) is 0 Å². The summed E-state index contributed by atoms with van der Waals surface area (Å²) >= 11 is 0.